The van der Waals surface area contributed by atoms with E-state index >= 15 is 0 Å². The van der Waals surface area contributed by atoms with E-state index in [0.717, 1.165) is 30.4 Å². The maximum Gasteiger partial charge on any atom is 0.163 e. The number of benzene rings is 1. The van der Waals surface area contributed by atoms with Gasteiger partial charge in [0.15, 0.2) is 5.65 Å². The third-order valence-corrected chi connectivity index (χ3v) is 4.26. The molecule has 1 aliphatic heterocycles. The number of aromatic nitrogens is 3. The van der Waals surface area contributed by atoms with Crippen LogP contribution < -0.4 is 5.32 Å². The quantitative estimate of drug-likeness (QED) is 0.790. The number of rotatable bonds is 2. The molecule has 0 amide bonds. The van der Waals surface area contributed by atoms with E-state index in [1.165, 1.54) is 18.5 Å². The van der Waals surface area contributed by atoms with Gasteiger partial charge in [0, 0.05) is 41.7 Å². The Morgan fingerprint density at radius 2 is 1.96 bits per heavy atom. The zero-order valence-electron chi connectivity index (χ0n) is 12.5. The summed E-state index contributed by atoms with van der Waals surface area (Å²) in [4.78, 5) is 12.9. The van der Waals surface area contributed by atoms with E-state index in [9.17, 15) is 8.78 Å². The first-order valence-electron chi connectivity index (χ1n) is 7.42. The molecule has 4 rings (SSSR count). The van der Waals surface area contributed by atoms with Crippen LogP contribution in [0.25, 0.3) is 22.3 Å². The monoisotopic (exact) mass is 312 g/mol. The minimum atomic E-state index is -0.641. The summed E-state index contributed by atoms with van der Waals surface area (Å²) < 4.78 is 27.3. The molecule has 23 heavy (non-hydrogen) atoms. The Morgan fingerprint density at radius 3 is 2.65 bits per heavy atom. The number of hydrogen-bond donors (Lipinski definition) is 1. The minimum absolute atomic E-state index is 0.252. The molecule has 1 aromatic carbocycles. The van der Waals surface area contributed by atoms with Gasteiger partial charge in [0.1, 0.15) is 18.0 Å². The number of hydrogen-bond acceptors (Lipinski definition) is 4. The van der Waals surface area contributed by atoms with Crippen molar-refractivity contribution in [2.75, 3.05) is 13.1 Å². The predicted molar refractivity (Wildman–Crippen MR) is 83.0 cm³/mol. The van der Waals surface area contributed by atoms with E-state index < -0.39 is 11.6 Å². The van der Waals surface area contributed by atoms with Crippen molar-refractivity contribution in [1.29, 1.82) is 0 Å². The lowest BCUT2D eigenvalue weighted by Crippen LogP contribution is -2.40. The zero-order valence-corrected chi connectivity index (χ0v) is 12.5. The highest BCUT2D eigenvalue weighted by molar-refractivity contribution is 5.90. The summed E-state index contributed by atoms with van der Waals surface area (Å²) in [6, 6.07) is 5.48. The fourth-order valence-corrected chi connectivity index (χ4v) is 2.91. The lowest BCUT2D eigenvalue weighted by Gasteiger charge is -2.28. The molecule has 0 saturated carbocycles. The Labute approximate surface area is 131 Å². The Morgan fingerprint density at radius 1 is 1.13 bits per heavy atom. The third-order valence-electron chi connectivity index (χ3n) is 4.26. The van der Waals surface area contributed by atoms with Crippen molar-refractivity contribution in [2.45, 2.75) is 12.8 Å². The van der Waals surface area contributed by atoms with Gasteiger partial charge in [0.25, 0.3) is 0 Å². The van der Waals surface area contributed by atoms with E-state index in [1.807, 2.05) is 13.0 Å². The standard InChI is InChI=1S/C17H14F2N4/c1-9-13(10-6-20-7-10)5-14-16(21-8-22-17(14)23-9)12-3-2-11(18)4-15(12)19/h2-5,8,10,20H,6-7H2,1H3. The second-order valence-electron chi connectivity index (χ2n) is 5.74. The van der Waals surface area contributed by atoms with E-state index in [1.54, 1.807) is 0 Å². The number of nitrogens with zero attached hydrogens (tertiary/aromatic N) is 3. The summed E-state index contributed by atoms with van der Waals surface area (Å²) in [6.45, 7) is 3.76. The maximum absolute atomic E-state index is 14.1. The highest BCUT2D eigenvalue weighted by atomic mass is 19.1. The molecule has 116 valence electrons. The molecule has 0 unspecified atom stereocenters. The SMILES string of the molecule is Cc1nc2ncnc(-c3ccc(F)cc3F)c2cc1C1CNC1. The lowest BCUT2D eigenvalue weighted by molar-refractivity contribution is 0.446. The van der Waals surface area contributed by atoms with Gasteiger partial charge in [0.05, 0.1) is 5.69 Å². The largest absolute Gasteiger partial charge is 0.315 e. The van der Waals surface area contributed by atoms with Crippen molar-refractivity contribution in [3.05, 3.63) is 53.5 Å². The van der Waals surface area contributed by atoms with Crippen LogP contribution in [0.3, 0.4) is 0 Å². The highest BCUT2D eigenvalue weighted by Crippen LogP contribution is 2.31. The van der Waals surface area contributed by atoms with Gasteiger partial charge in [-0.1, -0.05) is 0 Å². The Kier molecular flexibility index (Phi) is 3.27. The van der Waals surface area contributed by atoms with Gasteiger partial charge >= 0.3 is 0 Å². The Bertz CT molecular complexity index is 906. The molecule has 0 bridgehead atoms. The van der Waals surface area contributed by atoms with Crippen LogP contribution in [0.4, 0.5) is 8.78 Å². The topological polar surface area (TPSA) is 50.7 Å². The molecule has 1 saturated heterocycles. The zero-order chi connectivity index (χ0) is 16.0. The molecule has 1 N–H and O–H groups in total. The molecule has 3 aromatic rings. The molecule has 0 atom stereocenters. The molecular formula is C17H14F2N4. The number of nitrogens with one attached hydrogen (secondary N) is 1. The minimum Gasteiger partial charge on any atom is -0.315 e. The van der Waals surface area contributed by atoms with Crippen molar-refractivity contribution in [3.8, 4) is 11.3 Å². The average molecular weight is 312 g/mol. The van der Waals surface area contributed by atoms with Gasteiger partial charge in [0.2, 0.25) is 0 Å². The second-order valence-corrected chi connectivity index (χ2v) is 5.74. The molecule has 4 nitrogen and oxygen atoms in total. The van der Waals surface area contributed by atoms with Crippen LogP contribution in [0.5, 0.6) is 0 Å². The van der Waals surface area contributed by atoms with Crippen LogP contribution in [0.15, 0.2) is 30.6 Å². The summed E-state index contributed by atoms with van der Waals surface area (Å²) in [5.41, 5.74) is 3.26. The molecule has 1 fully saturated rings. The third kappa shape index (κ3) is 2.35. The molecular weight excluding hydrogens is 298 g/mol. The van der Waals surface area contributed by atoms with Gasteiger partial charge in [-0.05, 0) is 30.7 Å². The normalized spacial score (nSPS) is 14.9. The molecule has 6 heteroatoms. The van der Waals surface area contributed by atoms with Gasteiger partial charge < -0.3 is 5.32 Å². The van der Waals surface area contributed by atoms with Crippen molar-refractivity contribution in [2.24, 2.45) is 0 Å². The van der Waals surface area contributed by atoms with Crippen molar-refractivity contribution >= 4 is 11.0 Å². The summed E-state index contributed by atoms with van der Waals surface area (Å²) in [5, 5.41) is 3.92. The predicted octanol–water partition coefficient (Wildman–Crippen LogP) is 2.97. The van der Waals surface area contributed by atoms with Crippen LogP contribution in [-0.4, -0.2) is 28.0 Å². The van der Waals surface area contributed by atoms with Crippen LogP contribution >= 0.6 is 0 Å². The van der Waals surface area contributed by atoms with Gasteiger partial charge in [-0.25, -0.2) is 23.7 Å². The molecule has 0 radical (unpaired) electrons. The first-order valence-corrected chi connectivity index (χ1v) is 7.42. The first-order chi connectivity index (χ1) is 11.1. The summed E-state index contributed by atoms with van der Waals surface area (Å²) >= 11 is 0. The van der Waals surface area contributed by atoms with Crippen molar-refractivity contribution in [3.63, 3.8) is 0 Å². The highest BCUT2D eigenvalue weighted by Gasteiger charge is 2.23. The molecule has 3 heterocycles. The van der Waals surface area contributed by atoms with E-state index in [4.69, 9.17) is 0 Å². The molecule has 0 spiro atoms. The van der Waals surface area contributed by atoms with Crippen LogP contribution in [0.1, 0.15) is 17.2 Å². The number of pyridine rings is 1. The smallest absolute Gasteiger partial charge is 0.163 e. The fraction of sp³-hybridized carbons (Fsp3) is 0.235. The molecule has 0 aliphatic carbocycles. The Hall–Kier alpha value is -2.47. The van der Waals surface area contributed by atoms with Crippen LogP contribution in [0.2, 0.25) is 0 Å². The summed E-state index contributed by atoms with van der Waals surface area (Å²) in [6.07, 6.45) is 1.36. The molecule has 1 aliphatic rings. The first kappa shape index (κ1) is 14.1. The lowest BCUT2D eigenvalue weighted by atomic mass is 9.91. The van der Waals surface area contributed by atoms with E-state index in [0.29, 0.717) is 22.6 Å². The number of halogens is 2. The molecule has 2 aromatic heterocycles. The second kappa shape index (κ2) is 5.31. The summed E-state index contributed by atoms with van der Waals surface area (Å²) in [7, 11) is 0. The van der Waals surface area contributed by atoms with Crippen LogP contribution in [-0.2, 0) is 0 Å². The van der Waals surface area contributed by atoms with Gasteiger partial charge in [-0.3, -0.25) is 0 Å². The van der Waals surface area contributed by atoms with Crippen molar-refractivity contribution < 1.29 is 8.78 Å². The van der Waals surface area contributed by atoms with Crippen LogP contribution in [0, 0.1) is 18.6 Å². The van der Waals surface area contributed by atoms with Gasteiger partial charge in [-0.2, -0.15) is 0 Å². The Balaban J connectivity index is 1.95. The number of aryl methyl sites for hydroxylation is 1. The fourth-order valence-electron chi connectivity index (χ4n) is 2.91. The maximum atomic E-state index is 14.1. The number of fused-ring (bicyclic) bond motifs is 1. The summed E-state index contributed by atoms with van der Waals surface area (Å²) in [5.74, 6) is -0.852. The van der Waals surface area contributed by atoms with E-state index in [2.05, 4.69) is 20.3 Å². The van der Waals surface area contributed by atoms with Crippen molar-refractivity contribution in [1.82, 2.24) is 20.3 Å². The van der Waals surface area contributed by atoms with E-state index in [-0.39, 0.29) is 5.56 Å². The van der Waals surface area contributed by atoms with Gasteiger partial charge in [-0.15, -0.1) is 0 Å². The average Bonchev–Trinajstić information content (AvgIpc) is 2.46.